The van der Waals surface area contributed by atoms with Crippen LogP contribution in [-0.2, 0) is 5.60 Å². The van der Waals surface area contributed by atoms with Gasteiger partial charge in [-0.25, -0.2) is 0 Å². The lowest BCUT2D eigenvalue weighted by Crippen LogP contribution is -2.42. The minimum absolute atomic E-state index is 0.124. The number of hydrogen-bond donors (Lipinski definition) is 0. The molecule has 1 aromatic heterocycles. The largest absolute Gasteiger partial charge is 0.854 e. The highest BCUT2D eigenvalue weighted by Gasteiger charge is 2.70. The van der Waals surface area contributed by atoms with Crippen LogP contribution in [-0.4, -0.2) is 5.10 Å². The highest BCUT2D eigenvalue weighted by atomic mass is 35.5. The molecule has 0 saturated heterocycles. The maximum atomic E-state index is 13.2. The van der Waals surface area contributed by atoms with E-state index in [2.05, 4.69) is 32.8 Å². The molecule has 4 aromatic rings. The Morgan fingerprint density at radius 2 is 1.23 bits per heavy atom. The molecule has 0 spiro atoms. The monoisotopic (exact) mass is 502 g/mol. The second-order valence-corrected chi connectivity index (χ2v) is 11.2. The van der Waals surface area contributed by atoms with Crippen molar-refractivity contribution in [2.75, 3.05) is 0 Å². The molecule has 2 heterocycles. The predicted octanol–water partition coefficient (Wildman–Crippen LogP) is 6.52. The summed E-state index contributed by atoms with van der Waals surface area (Å²) in [5.74, 6) is 0.261. The van der Waals surface area contributed by atoms with Crippen LogP contribution in [0.25, 0.3) is 16.5 Å². The van der Waals surface area contributed by atoms with E-state index in [0.29, 0.717) is 21.3 Å². The molecular formula is C29H24Cl2N2O2. The van der Waals surface area contributed by atoms with E-state index in [1.54, 1.807) is 10.7 Å². The van der Waals surface area contributed by atoms with E-state index in [1.807, 2.05) is 66.7 Å². The Bertz CT molecular complexity index is 1480. The first kappa shape index (κ1) is 22.4. The first-order chi connectivity index (χ1) is 16.6. The molecule has 0 unspecified atom stereocenters. The Morgan fingerprint density at radius 1 is 0.743 bits per heavy atom. The molecule has 6 rings (SSSR count). The Kier molecular flexibility index (Phi) is 4.62. The minimum Gasteiger partial charge on any atom is -0.854 e. The van der Waals surface area contributed by atoms with Crippen LogP contribution in [0.1, 0.15) is 38.8 Å². The van der Waals surface area contributed by atoms with E-state index < -0.39 is 5.60 Å². The minimum atomic E-state index is -1.05. The number of hydrogen-bond acceptors (Lipinski definition) is 3. The molecule has 1 fully saturated rings. The zero-order valence-electron chi connectivity index (χ0n) is 19.9. The summed E-state index contributed by atoms with van der Waals surface area (Å²) < 4.78 is 8.77. The van der Waals surface area contributed by atoms with Crippen molar-refractivity contribution < 1.29 is 14.5 Å². The van der Waals surface area contributed by atoms with E-state index in [1.165, 1.54) is 5.57 Å². The number of nitrogens with zero attached hydrogens (tertiary/aromatic N) is 2. The molecule has 0 radical (unpaired) electrons. The molecule has 35 heavy (non-hydrogen) atoms. The Labute approximate surface area is 214 Å². The van der Waals surface area contributed by atoms with Gasteiger partial charge in [0, 0.05) is 43.0 Å². The molecule has 6 heteroatoms. The van der Waals surface area contributed by atoms with Crippen molar-refractivity contribution in [2.24, 2.45) is 10.8 Å². The van der Waals surface area contributed by atoms with Crippen molar-refractivity contribution in [3.05, 3.63) is 99.5 Å². The van der Waals surface area contributed by atoms with Gasteiger partial charge in [0.25, 0.3) is 11.3 Å². The fourth-order valence-electron chi connectivity index (χ4n) is 5.58. The average molecular weight is 503 g/mol. The number of fused-ring (bicyclic) bond motifs is 3. The molecule has 1 aliphatic heterocycles. The van der Waals surface area contributed by atoms with E-state index in [4.69, 9.17) is 27.9 Å². The van der Waals surface area contributed by atoms with Crippen LogP contribution >= 0.6 is 23.2 Å². The number of rotatable bonds is 2. The Balaban J connectivity index is 1.79. The summed E-state index contributed by atoms with van der Waals surface area (Å²) in [7, 11) is 0. The number of aromatic nitrogens is 2. The summed E-state index contributed by atoms with van der Waals surface area (Å²) >= 11 is 12.6. The van der Waals surface area contributed by atoms with Gasteiger partial charge < -0.3 is 9.84 Å². The predicted molar refractivity (Wildman–Crippen MR) is 136 cm³/mol. The molecule has 0 bridgehead atoms. The molecule has 1 saturated carbocycles. The highest BCUT2D eigenvalue weighted by molar-refractivity contribution is 6.30. The van der Waals surface area contributed by atoms with Crippen molar-refractivity contribution in [2.45, 2.75) is 33.3 Å². The van der Waals surface area contributed by atoms with Crippen molar-refractivity contribution in [3.8, 4) is 11.8 Å². The number of halogens is 2. The van der Waals surface area contributed by atoms with E-state index in [0.717, 1.165) is 22.2 Å². The Hall–Kier alpha value is -3.08. The summed E-state index contributed by atoms with van der Waals surface area (Å²) in [6, 6.07) is 22.8. The summed E-state index contributed by atoms with van der Waals surface area (Å²) in [6.45, 7) is 8.89. The fourth-order valence-corrected chi connectivity index (χ4v) is 5.84. The SMILES string of the molecule is CC1(C)C(=C2[n+]3nc([O-])c4ccccc4c3OC2(c2ccc(Cl)cc2)c2ccc(Cl)cc2)C1(C)C. The van der Waals surface area contributed by atoms with Crippen molar-refractivity contribution >= 4 is 39.7 Å². The average Bonchev–Trinajstić information content (AvgIpc) is 3.07. The quantitative estimate of drug-likeness (QED) is 0.293. The molecule has 176 valence electrons. The molecule has 1 aliphatic carbocycles. The Morgan fingerprint density at radius 3 is 1.71 bits per heavy atom. The first-order valence-electron chi connectivity index (χ1n) is 11.6. The lowest BCUT2D eigenvalue weighted by Gasteiger charge is -2.26. The van der Waals surface area contributed by atoms with Gasteiger partial charge in [0.15, 0.2) is 0 Å². The van der Waals surface area contributed by atoms with Crippen molar-refractivity contribution in [1.29, 1.82) is 0 Å². The lowest BCUT2D eigenvalue weighted by atomic mass is 9.82. The standard InChI is InChI=1S/C29H24Cl2N2O2/c1-27(2)23(28(27,3)4)24-29(17-9-13-19(30)14-10-17,18-11-15-20(31)16-12-18)35-26-22-8-6-5-7-21(22)25(34)32-33(24)26/h5-16H,1-4H3. The highest BCUT2D eigenvalue weighted by Crippen LogP contribution is 2.71. The van der Waals surface area contributed by atoms with E-state index in [-0.39, 0.29) is 16.7 Å². The summed E-state index contributed by atoms with van der Waals surface area (Å²) in [4.78, 5) is 0. The van der Waals surface area contributed by atoms with Crippen LogP contribution in [0, 0.1) is 10.8 Å². The summed E-state index contributed by atoms with van der Waals surface area (Å²) in [6.07, 6.45) is 0. The van der Waals surface area contributed by atoms with Gasteiger partial charge in [-0.3, -0.25) is 0 Å². The third-order valence-corrected chi connectivity index (χ3v) is 8.56. The third-order valence-electron chi connectivity index (χ3n) is 8.05. The smallest absolute Gasteiger partial charge is 0.409 e. The summed E-state index contributed by atoms with van der Waals surface area (Å²) in [5, 5.41) is 20.3. The van der Waals surface area contributed by atoms with Gasteiger partial charge in [-0.2, -0.15) is 0 Å². The van der Waals surface area contributed by atoms with Gasteiger partial charge in [0.05, 0.1) is 11.3 Å². The van der Waals surface area contributed by atoms with E-state index in [9.17, 15) is 5.11 Å². The maximum absolute atomic E-state index is 13.2. The zero-order valence-corrected chi connectivity index (χ0v) is 21.4. The van der Waals surface area contributed by atoms with Crippen LogP contribution in [0.4, 0.5) is 0 Å². The van der Waals surface area contributed by atoms with E-state index >= 15 is 0 Å². The molecule has 0 amide bonds. The van der Waals surface area contributed by atoms with Crippen LogP contribution in [0.2, 0.25) is 10.0 Å². The molecule has 4 nitrogen and oxygen atoms in total. The van der Waals surface area contributed by atoms with Crippen LogP contribution < -0.4 is 14.5 Å². The number of benzene rings is 3. The van der Waals surface area contributed by atoms with Gasteiger partial charge in [0.1, 0.15) is 0 Å². The zero-order chi connectivity index (χ0) is 24.8. The van der Waals surface area contributed by atoms with Crippen molar-refractivity contribution in [1.82, 2.24) is 5.10 Å². The van der Waals surface area contributed by atoms with Gasteiger partial charge in [-0.1, -0.05) is 93.4 Å². The number of ether oxygens (including phenoxy) is 1. The normalized spacial score (nSPS) is 18.9. The molecule has 0 atom stereocenters. The van der Waals surface area contributed by atoms with Gasteiger partial charge >= 0.3 is 5.88 Å². The molecular weight excluding hydrogens is 479 g/mol. The summed E-state index contributed by atoms with van der Waals surface area (Å²) in [5.41, 5.74) is 2.54. The van der Waals surface area contributed by atoms with Gasteiger partial charge in [-0.15, -0.1) is 0 Å². The molecule has 3 aromatic carbocycles. The van der Waals surface area contributed by atoms with Gasteiger partial charge in [0.2, 0.25) is 0 Å². The van der Waals surface area contributed by atoms with Crippen LogP contribution in [0.15, 0.2) is 78.4 Å². The second-order valence-electron chi connectivity index (χ2n) is 10.3. The lowest BCUT2D eigenvalue weighted by molar-refractivity contribution is -0.644. The second kappa shape index (κ2) is 7.22. The topological polar surface area (TPSA) is 49.1 Å². The van der Waals surface area contributed by atoms with Crippen LogP contribution in [0.5, 0.6) is 11.8 Å². The molecule has 2 aliphatic rings. The first-order valence-corrected chi connectivity index (χ1v) is 12.3. The maximum Gasteiger partial charge on any atom is 0.409 e. The molecule has 0 N–H and O–H groups in total. The number of allylic oxidation sites excluding steroid dienone is 1. The third kappa shape index (κ3) is 2.93. The van der Waals surface area contributed by atoms with Crippen molar-refractivity contribution in [3.63, 3.8) is 0 Å². The van der Waals surface area contributed by atoms with Crippen LogP contribution in [0.3, 0.4) is 0 Å². The fraction of sp³-hybridized carbons (Fsp3) is 0.241. The van der Waals surface area contributed by atoms with Gasteiger partial charge in [-0.05, 0) is 40.1 Å².